The molecule has 1 amide bonds. The molecule has 2 heterocycles. The lowest BCUT2D eigenvalue weighted by molar-refractivity contribution is -0.137. The molecule has 0 radical (unpaired) electrons. The summed E-state index contributed by atoms with van der Waals surface area (Å²) in [7, 11) is 0. The minimum Gasteiger partial charge on any atom is -0.389 e. The summed E-state index contributed by atoms with van der Waals surface area (Å²) in [4.78, 5) is 14.4. The second-order valence-electron chi connectivity index (χ2n) is 6.46. The zero-order chi connectivity index (χ0) is 16.1. The molecular formula is C18H26N2O3. The smallest absolute Gasteiger partial charge is 0.240 e. The lowest BCUT2D eigenvalue weighted by Crippen LogP contribution is -2.50. The maximum absolute atomic E-state index is 12.6. The van der Waals surface area contributed by atoms with Crippen molar-refractivity contribution in [3.05, 3.63) is 35.9 Å². The Morgan fingerprint density at radius 1 is 1.30 bits per heavy atom. The van der Waals surface area contributed by atoms with Gasteiger partial charge in [-0.2, -0.15) is 0 Å². The zero-order valence-corrected chi connectivity index (χ0v) is 13.5. The van der Waals surface area contributed by atoms with E-state index in [0.717, 1.165) is 44.3 Å². The number of rotatable bonds is 6. The molecule has 2 saturated heterocycles. The van der Waals surface area contributed by atoms with Gasteiger partial charge >= 0.3 is 0 Å². The van der Waals surface area contributed by atoms with Crippen molar-refractivity contribution in [2.24, 2.45) is 0 Å². The summed E-state index contributed by atoms with van der Waals surface area (Å²) in [5.41, 5.74) is 1.09. The van der Waals surface area contributed by atoms with Crippen LogP contribution in [0.4, 0.5) is 0 Å². The van der Waals surface area contributed by atoms with E-state index in [1.54, 1.807) is 0 Å². The monoisotopic (exact) mass is 318 g/mol. The van der Waals surface area contributed by atoms with E-state index >= 15 is 0 Å². The molecule has 2 fully saturated rings. The van der Waals surface area contributed by atoms with Crippen molar-refractivity contribution in [3.8, 4) is 0 Å². The van der Waals surface area contributed by atoms with Gasteiger partial charge in [-0.1, -0.05) is 30.3 Å². The average Bonchev–Trinajstić information content (AvgIpc) is 3.27. The van der Waals surface area contributed by atoms with Crippen molar-refractivity contribution < 1.29 is 14.6 Å². The Kier molecular flexibility index (Phi) is 5.65. The molecule has 126 valence electrons. The first kappa shape index (κ1) is 16.4. The second kappa shape index (κ2) is 7.90. The van der Waals surface area contributed by atoms with Crippen LogP contribution in [0.1, 0.15) is 31.2 Å². The molecule has 0 aromatic heterocycles. The molecule has 0 aliphatic carbocycles. The van der Waals surface area contributed by atoms with E-state index in [4.69, 9.17) is 4.74 Å². The van der Waals surface area contributed by atoms with E-state index in [1.807, 2.05) is 35.2 Å². The Morgan fingerprint density at radius 2 is 2.13 bits per heavy atom. The summed E-state index contributed by atoms with van der Waals surface area (Å²) in [6.07, 6.45) is 3.15. The van der Waals surface area contributed by atoms with Gasteiger partial charge in [0.15, 0.2) is 0 Å². The van der Waals surface area contributed by atoms with Crippen LogP contribution in [-0.2, 0) is 16.1 Å². The normalized spacial score (nSPS) is 25.7. The zero-order valence-electron chi connectivity index (χ0n) is 13.5. The highest BCUT2D eigenvalue weighted by atomic mass is 16.5. The Balaban J connectivity index is 1.49. The number of carbonyl (C=O) groups is 1. The Morgan fingerprint density at radius 3 is 2.87 bits per heavy atom. The number of nitrogens with zero attached hydrogens (tertiary/aromatic N) is 1. The van der Waals surface area contributed by atoms with Crippen molar-refractivity contribution in [1.29, 1.82) is 0 Å². The van der Waals surface area contributed by atoms with Gasteiger partial charge in [-0.3, -0.25) is 4.79 Å². The van der Waals surface area contributed by atoms with Crippen LogP contribution in [-0.4, -0.2) is 53.8 Å². The summed E-state index contributed by atoms with van der Waals surface area (Å²) in [5, 5.41) is 13.7. The number of hydrogen-bond acceptors (Lipinski definition) is 4. The molecule has 2 aliphatic heterocycles. The summed E-state index contributed by atoms with van der Waals surface area (Å²) < 4.78 is 5.64. The van der Waals surface area contributed by atoms with E-state index in [0.29, 0.717) is 6.61 Å². The molecule has 3 atom stereocenters. The number of aliphatic hydroxyl groups is 1. The quantitative estimate of drug-likeness (QED) is 0.830. The van der Waals surface area contributed by atoms with E-state index in [2.05, 4.69) is 5.32 Å². The molecule has 0 saturated carbocycles. The maximum atomic E-state index is 12.6. The first-order chi connectivity index (χ1) is 11.3. The van der Waals surface area contributed by atoms with Gasteiger partial charge in [0, 0.05) is 6.54 Å². The minimum atomic E-state index is -0.619. The van der Waals surface area contributed by atoms with Crippen LogP contribution >= 0.6 is 0 Å². The van der Waals surface area contributed by atoms with Crippen LogP contribution in [0.5, 0.6) is 0 Å². The Bertz CT molecular complexity index is 502. The van der Waals surface area contributed by atoms with Gasteiger partial charge in [-0.15, -0.1) is 0 Å². The summed E-state index contributed by atoms with van der Waals surface area (Å²) in [5.74, 6) is 0.145. The number of aliphatic hydroxyl groups excluding tert-OH is 1. The van der Waals surface area contributed by atoms with Gasteiger partial charge in [0.2, 0.25) is 5.91 Å². The van der Waals surface area contributed by atoms with E-state index in [1.165, 1.54) is 0 Å². The molecule has 1 aromatic carbocycles. The fourth-order valence-corrected chi connectivity index (χ4v) is 3.54. The molecule has 23 heavy (non-hydrogen) atoms. The number of likely N-dealkylation sites (tertiary alicyclic amines) is 1. The van der Waals surface area contributed by atoms with Crippen LogP contribution < -0.4 is 5.32 Å². The van der Waals surface area contributed by atoms with Crippen molar-refractivity contribution >= 4 is 5.91 Å². The highest BCUT2D eigenvalue weighted by Gasteiger charge is 2.37. The van der Waals surface area contributed by atoms with Gasteiger partial charge in [0.05, 0.1) is 31.4 Å². The lowest BCUT2D eigenvalue weighted by Gasteiger charge is -2.30. The number of nitrogens with one attached hydrogen (secondary N) is 1. The highest BCUT2D eigenvalue weighted by molar-refractivity contribution is 5.82. The molecular weight excluding hydrogens is 292 g/mol. The van der Waals surface area contributed by atoms with Crippen LogP contribution in [0.25, 0.3) is 0 Å². The first-order valence-electron chi connectivity index (χ1n) is 8.59. The van der Waals surface area contributed by atoms with Crippen LogP contribution in [0, 0.1) is 0 Å². The molecule has 1 unspecified atom stereocenters. The van der Waals surface area contributed by atoms with E-state index in [-0.39, 0.29) is 24.6 Å². The Hall–Kier alpha value is -1.43. The molecule has 3 rings (SSSR count). The van der Waals surface area contributed by atoms with Gasteiger partial charge in [-0.25, -0.2) is 0 Å². The average molecular weight is 318 g/mol. The van der Waals surface area contributed by atoms with Crippen LogP contribution in [0.2, 0.25) is 0 Å². The molecule has 5 nitrogen and oxygen atoms in total. The van der Waals surface area contributed by atoms with E-state index < -0.39 is 6.10 Å². The molecule has 0 bridgehead atoms. The predicted molar refractivity (Wildman–Crippen MR) is 87.9 cm³/mol. The number of amides is 1. The largest absolute Gasteiger partial charge is 0.389 e. The summed E-state index contributed by atoms with van der Waals surface area (Å²) in [6, 6.07) is 9.75. The number of carbonyl (C=O) groups excluding carboxylic acids is 1. The fourth-order valence-electron chi connectivity index (χ4n) is 3.54. The molecule has 2 N–H and O–H groups in total. The SMILES string of the molecule is O=C([C@@H]1CCCN1)N1CCCC1[C@H](O)COCc1ccccc1. The van der Waals surface area contributed by atoms with Gasteiger partial charge in [0.25, 0.3) is 0 Å². The van der Waals surface area contributed by atoms with E-state index in [9.17, 15) is 9.90 Å². The fraction of sp³-hybridized carbons (Fsp3) is 0.611. The first-order valence-corrected chi connectivity index (χ1v) is 8.59. The van der Waals surface area contributed by atoms with Crippen LogP contribution in [0.3, 0.4) is 0 Å². The number of benzene rings is 1. The number of ether oxygens (including phenoxy) is 1. The molecule has 0 spiro atoms. The van der Waals surface area contributed by atoms with Crippen molar-refractivity contribution in [1.82, 2.24) is 10.2 Å². The third-order valence-corrected chi connectivity index (χ3v) is 4.79. The number of hydrogen-bond donors (Lipinski definition) is 2. The van der Waals surface area contributed by atoms with Crippen molar-refractivity contribution in [3.63, 3.8) is 0 Å². The summed E-state index contributed by atoms with van der Waals surface area (Å²) in [6.45, 7) is 2.42. The van der Waals surface area contributed by atoms with Gasteiger partial charge in [-0.05, 0) is 37.8 Å². The lowest BCUT2D eigenvalue weighted by atomic mass is 10.1. The molecule has 5 heteroatoms. The highest BCUT2D eigenvalue weighted by Crippen LogP contribution is 2.23. The standard InChI is InChI=1S/C18H26N2O3/c21-17(13-23-12-14-6-2-1-3-7-14)16-9-5-11-20(16)18(22)15-8-4-10-19-15/h1-3,6-7,15-17,19,21H,4-5,8-13H2/t15-,16?,17+/m0/s1. The van der Waals surface area contributed by atoms with Crippen molar-refractivity contribution in [2.75, 3.05) is 19.7 Å². The van der Waals surface area contributed by atoms with Crippen molar-refractivity contribution in [2.45, 2.75) is 50.5 Å². The topological polar surface area (TPSA) is 61.8 Å². The molecule has 1 aromatic rings. The predicted octanol–water partition coefficient (Wildman–Crippen LogP) is 1.31. The minimum absolute atomic E-state index is 0.0620. The second-order valence-corrected chi connectivity index (χ2v) is 6.46. The van der Waals surface area contributed by atoms with Crippen LogP contribution in [0.15, 0.2) is 30.3 Å². The third kappa shape index (κ3) is 4.10. The van der Waals surface area contributed by atoms with Gasteiger partial charge < -0.3 is 20.1 Å². The third-order valence-electron chi connectivity index (χ3n) is 4.79. The molecule has 2 aliphatic rings. The van der Waals surface area contributed by atoms with Gasteiger partial charge in [0.1, 0.15) is 0 Å². The summed E-state index contributed by atoms with van der Waals surface area (Å²) >= 11 is 0. The maximum Gasteiger partial charge on any atom is 0.240 e. The Labute approximate surface area is 137 Å².